The molecule has 2 fully saturated rings. The van der Waals surface area contributed by atoms with E-state index in [1.165, 1.54) is 0 Å². The Morgan fingerprint density at radius 1 is 0.848 bits per heavy atom. The number of nitrogens with zero attached hydrogens (tertiary/aromatic N) is 2. The fourth-order valence-electron chi connectivity index (χ4n) is 5.47. The quantitative estimate of drug-likeness (QED) is 0.395. The summed E-state index contributed by atoms with van der Waals surface area (Å²) in [5.41, 5.74) is -1.64. The third-order valence-electron chi connectivity index (χ3n) is 7.16. The number of ketones is 2. The van der Waals surface area contributed by atoms with E-state index in [0.29, 0.717) is 6.54 Å². The van der Waals surface area contributed by atoms with Crippen LogP contribution in [0.5, 0.6) is 0 Å². The number of Topliss-reactive ketones (excluding diaryl/α,β-unsaturated/α-hetero) is 2. The first-order valence-corrected chi connectivity index (χ1v) is 12.5. The van der Waals surface area contributed by atoms with E-state index in [2.05, 4.69) is 71.1 Å². The predicted octanol–water partition coefficient (Wildman–Crippen LogP) is 5.79. The highest BCUT2D eigenvalue weighted by atomic mass is 16.1. The van der Waals surface area contributed by atoms with Gasteiger partial charge in [0.15, 0.2) is 11.2 Å². The van der Waals surface area contributed by atoms with Gasteiger partial charge in [0.05, 0.1) is 12.5 Å². The molecule has 2 aliphatic heterocycles. The molecular weight excluding hydrogens is 408 g/mol. The van der Waals surface area contributed by atoms with Gasteiger partial charge < -0.3 is 0 Å². The molecule has 2 unspecified atom stereocenters. The lowest BCUT2D eigenvalue weighted by atomic mass is 9.72. The van der Waals surface area contributed by atoms with Crippen molar-refractivity contribution < 1.29 is 9.59 Å². The lowest BCUT2D eigenvalue weighted by molar-refractivity contribution is -0.138. The zero-order valence-electron chi connectivity index (χ0n) is 23.7. The number of carbonyl (C=O) groups excluding carboxylic acids is 2. The Balaban J connectivity index is 0.000000331. The Morgan fingerprint density at radius 2 is 1.36 bits per heavy atom. The standard InChI is InChI=1S/C15H25NO.C14H26NO/c1-8-15(12(17)13(2,3)4)9-10-16(11-15)14(5,6)7;1-12(2,3)11(16)14(7)9-8-10-15(14)13(4,5)6/h1H,9-11H2,2-7H3;1,8-10H2,2-7H3/q;+1. The van der Waals surface area contributed by atoms with Crippen LogP contribution in [0.1, 0.15) is 102 Å². The van der Waals surface area contributed by atoms with Gasteiger partial charge >= 0.3 is 0 Å². The minimum atomic E-state index is -0.578. The fourth-order valence-corrected chi connectivity index (χ4v) is 5.47. The molecule has 2 rings (SSSR count). The van der Waals surface area contributed by atoms with Crippen molar-refractivity contribution in [1.29, 1.82) is 0 Å². The summed E-state index contributed by atoms with van der Waals surface area (Å²) < 4.78 is 0. The van der Waals surface area contributed by atoms with Gasteiger partial charge in [-0.05, 0) is 88.1 Å². The van der Waals surface area contributed by atoms with Crippen molar-refractivity contribution in [1.82, 2.24) is 9.80 Å². The maximum absolute atomic E-state index is 12.5. The number of terminal acetylenes is 1. The number of rotatable bonds is 3. The van der Waals surface area contributed by atoms with Gasteiger partial charge in [-0.3, -0.25) is 19.4 Å². The highest BCUT2D eigenvalue weighted by Gasteiger charge is 2.52. The first-order chi connectivity index (χ1) is 14.5. The van der Waals surface area contributed by atoms with Crippen molar-refractivity contribution >= 4 is 11.6 Å². The molecule has 0 spiro atoms. The molecule has 2 heterocycles. The van der Waals surface area contributed by atoms with Crippen LogP contribution in [0.2, 0.25) is 0 Å². The summed E-state index contributed by atoms with van der Waals surface area (Å²) in [6, 6.07) is 0. The van der Waals surface area contributed by atoms with Crippen molar-refractivity contribution in [3.8, 4) is 12.3 Å². The molecule has 2 saturated heterocycles. The largest absolute Gasteiger partial charge is 0.297 e. The van der Waals surface area contributed by atoms with Gasteiger partial charge in [-0.1, -0.05) is 26.7 Å². The molecule has 188 valence electrons. The van der Waals surface area contributed by atoms with E-state index in [1.54, 1.807) is 0 Å². The molecule has 0 bridgehead atoms. The van der Waals surface area contributed by atoms with Gasteiger partial charge in [-0.15, -0.1) is 6.42 Å². The lowest BCUT2D eigenvalue weighted by Gasteiger charge is -2.44. The molecule has 4 nitrogen and oxygen atoms in total. The summed E-state index contributed by atoms with van der Waals surface area (Å²) in [6.45, 7) is 31.4. The molecule has 0 N–H and O–H groups in total. The summed E-state index contributed by atoms with van der Waals surface area (Å²) in [5.74, 6) is 3.27. The zero-order valence-corrected chi connectivity index (χ0v) is 23.7. The van der Waals surface area contributed by atoms with Crippen LogP contribution in [0.15, 0.2) is 0 Å². The summed E-state index contributed by atoms with van der Waals surface area (Å²) in [7, 11) is 0. The zero-order chi connectivity index (χ0) is 26.3. The van der Waals surface area contributed by atoms with Gasteiger partial charge in [-0.25, -0.2) is 0 Å². The highest BCUT2D eigenvalue weighted by Crippen LogP contribution is 2.41. The van der Waals surface area contributed by atoms with Gasteiger partial charge in [0.1, 0.15) is 5.41 Å². The van der Waals surface area contributed by atoms with Crippen molar-refractivity contribution in [3.05, 3.63) is 6.92 Å². The van der Waals surface area contributed by atoms with Crippen molar-refractivity contribution in [2.24, 2.45) is 16.2 Å². The average molecular weight is 460 g/mol. The summed E-state index contributed by atoms with van der Waals surface area (Å²) in [5, 5.41) is 0. The molecule has 0 aromatic carbocycles. The molecule has 2 atom stereocenters. The van der Waals surface area contributed by atoms with Crippen LogP contribution >= 0.6 is 0 Å². The molecular formula is C29H51N2O2+. The van der Waals surface area contributed by atoms with Crippen molar-refractivity contribution in [2.75, 3.05) is 19.6 Å². The predicted molar refractivity (Wildman–Crippen MR) is 140 cm³/mol. The molecule has 4 heteroatoms. The van der Waals surface area contributed by atoms with E-state index in [4.69, 9.17) is 6.42 Å². The first-order valence-electron chi connectivity index (χ1n) is 12.5. The molecule has 0 aromatic heterocycles. The van der Waals surface area contributed by atoms with Crippen LogP contribution in [-0.2, 0) is 9.59 Å². The smallest absolute Gasteiger partial charge is 0.202 e. The van der Waals surface area contributed by atoms with E-state index in [0.717, 1.165) is 32.4 Å². The number of hydrogen-bond donors (Lipinski definition) is 0. The van der Waals surface area contributed by atoms with Crippen LogP contribution in [-0.4, -0.2) is 57.6 Å². The topological polar surface area (TPSA) is 40.6 Å². The minimum Gasteiger partial charge on any atom is -0.297 e. The second-order valence-electron chi connectivity index (χ2n) is 14.1. The molecule has 0 aliphatic carbocycles. The van der Waals surface area contributed by atoms with E-state index < -0.39 is 10.8 Å². The van der Waals surface area contributed by atoms with Gasteiger partial charge in [0.2, 0.25) is 5.78 Å². The van der Waals surface area contributed by atoms with E-state index >= 15 is 0 Å². The van der Waals surface area contributed by atoms with Gasteiger partial charge in [-0.2, -0.15) is 0 Å². The Labute approximate surface area is 205 Å². The molecule has 33 heavy (non-hydrogen) atoms. The Bertz CT molecular complexity index is 764. The number of hydrogen-bond acceptors (Lipinski definition) is 4. The molecule has 2 aliphatic rings. The monoisotopic (exact) mass is 459 g/mol. The van der Waals surface area contributed by atoms with E-state index in [-0.39, 0.29) is 33.6 Å². The van der Waals surface area contributed by atoms with Crippen molar-refractivity contribution in [3.63, 3.8) is 0 Å². The summed E-state index contributed by atoms with van der Waals surface area (Å²) >= 11 is 0. The summed E-state index contributed by atoms with van der Waals surface area (Å²) in [6.07, 6.45) is 8.53. The average Bonchev–Trinajstić information content (AvgIpc) is 3.24. The highest BCUT2D eigenvalue weighted by molar-refractivity contribution is 5.93. The normalized spacial score (nSPS) is 27.6. The Kier molecular flexibility index (Phi) is 8.45. The summed E-state index contributed by atoms with van der Waals surface area (Å²) in [4.78, 5) is 29.7. The van der Waals surface area contributed by atoms with Crippen LogP contribution in [0.4, 0.5) is 0 Å². The second kappa shape index (κ2) is 9.38. The third-order valence-corrected chi connectivity index (χ3v) is 7.16. The lowest BCUT2D eigenvalue weighted by Crippen LogP contribution is -2.58. The van der Waals surface area contributed by atoms with Crippen LogP contribution < -0.4 is 0 Å². The maximum atomic E-state index is 12.5. The molecule has 0 amide bonds. The third kappa shape index (κ3) is 6.64. The maximum Gasteiger partial charge on any atom is 0.202 e. The minimum absolute atomic E-state index is 0.0478. The Morgan fingerprint density at radius 3 is 1.70 bits per heavy atom. The second-order valence-corrected chi connectivity index (χ2v) is 14.1. The van der Waals surface area contributed by atoms with Crippen LogP contribution in [0.25, 0.3) is 0 Å². The van der Waals surface area contributed by atoms with E-state index in [1.807, 2.05) is 34.6 Å². The number of carbonyl (C=O) groups is 2. The van der Waals surface area contributed by atoms with Gasteiger partial charge in [0.25, 0.3) is 0 Å². The van der Waals surface area contributed by atoms with Crippen molar-refractivity contribution in [2.45, 2.75) is 119 Å². The fraction of sp³-hybridized carbons (Fsp3) is 0.828. The number of likely N-dealkylation sites (tertiary alicyclic amines) is 2. The van der Waals surface area contributed by atoms with Crippen LogP contribution in [0, 0.1) is 35.5 Å². The molecule has 0 saturated carbocycles. The molecule has 0 radical (unpaired) electrons. The molecule has 0 aromatic rings. The van der Waals surface area contributed by atoms with E-state index in [9.17, 15) is 9.59 Å². The Hall–Kier alpha value is -1.31. The first kappa shape index (κ1) is 29.7. The SMILES string of the molecule is C#CC1(C(=O)C(C)(C)C)CCN(C(C)(C)C)C1.[CH2+]C(C)(C)C(=O)C1(C)CCCN1C(C)(C)C. The van der Waals surface area contributed by atoms with Gasteiger partial charge in [0, 0.05) is 29.6 Å². The van der Waals surface area contributed by atoms with Crippen LogP contribution in [0.3, 0.4) is 0 Å².